The Kier molecular flexibility index (Phi) is 4.88. The number of hydrogen-bond acceptors (Lipinski definition) is 1. The van der Waals surface area contributed by atoms with E-state index in [1.807, 2.05) is 0 Å². The summed E-state index contributed by atoms with van der Waals surface area (Å²) in [6.07, 6.45) is 15.2. The van der Waals surface area contributed by atoms with Crippen LogP contribution in [0, 0.1) is 61.2 Å². The second-order valence-electron chi connectivity index (χ2n) is 15.1. The molecule has 8 saturated carbocycles. The van der Waals surface area contributed by atoms with Crippen molar-refractivity contribution in [2.45, 2.75) is 89.9 Å². The van der Waals surface area contributed by atoms with Crippen LogP contribution in [0.2, 0.25) is 0 Å². The summed E-state index contributed by atoms with van der Waals surface area (Å²) in [5, 5.41) is 1.52. The van der Waals surface area contributed by atoms with E-state index in [-0.39, 0.29) is 0 Å². The van der Waals surface area contributed by atoms with Crippen LogP contribution >= 0.6 is 0 Å². The van der Waals surface area contributed by atoms with Gasteiger partial charge in [0.1, 0.15) is 0 Å². The zero-order valence-corrected chi connectivity index (χ0v) is 23.3. The lowest BCUT2D eigenvalue weighted by molar-refractivity contribution is -0.0108. The third-order valence-electron chi connectivity index (χ3n) is 12.6. The minimum absolute atomic E-state index is 0.785. The predicted octanol–water partition coefficient (Wildman–Crippen LogP) is 9.60. The van der Waals surface area contributed by atoms with E-state index in [9.17, 15) is 0 Å². The van der Waals surface area contributed by atoms with Gasteiger partial charge in [0.15, 0.2) is 0 Å². The van der Waals surface area contributed by atoms with E-state index in [1.165, 1.54) is 79.0 Å². The molecule has 0 N–H and O–H groups in total. The monoisotopic (exact) mass is 501 g/mol. The topological polar surface area (TPSA) is 12.9 Å². The summed E-state index contributed by atoms with van der Waals surface area (Å²) >= 11 is 0. The Morgan fingerprint density at radius 3 is 1.63 bits per heavy atom. The number of fused-ring (bicyclic) bond motifs is 1. The highest BCUT2D eigenvalue weighted by Crippen LogP contribution is 2.64. The van der Waals surface area contributed by atoms with E-state index in [0.717, 1.165) is 64.9 Å². The van der Waals surface area contributed by atoms with Crippen molar-refractivity contribution in [1.82, 2.24) is 4.98 Å². The van der Waals surface area contributed by atoms with Crippen LogP contribution in [-0.2, 0) is 0 Å². The molecule has 1 aromatic heterocycles. The van der Waals surface area contributed by atoms with Gasteiger partial charge in [0, 0.05) is 10.9 Å². The van der Waals surface area contributed by atoms with E-state index in [1.54, 1.807) is 24.0 Å². The van der Waals surface area contributed by atoms with E-state index in [4.69, 9.17) is 4.98 Å². The van der Waals surface area contributed by atoms with Gasteiger partial charge >= 0.3 is 0 Å². The number of nitrogens with zero attached hydrogens (tertiary/aromatic N) is 1. The van der Waals surface area contributed by atoms with Crippen LogP contribution in [0.3, 0.4) is 0 Å². The molecule has 0 radical (unpaired) electrons. The number of pyridine rings is 1. The van der Waals surface area contributed by atoms with Crippen LogP contribution in [-0.4, -0.2) is 4.98 Å². The van der Waals surface area contributed by atoms with Crippen molar-refractivity contribution in [3.63, 3.8) is 0 Å². The molecule has 8 fully saturated rings. The molecule has 0 amide bonds. The average molecular weight is 502 g/mol. The second kappa shape index (κ2) is 8.18. The van der Waals surface area contributed by atoms with Crippen molar-refractivity contribution in [3.8, 4) is 11.3 Å². The van der Waals surface area contributed by atoms with E-state index in [0.29, 0.717) is 0 Å². The van der Waals surface area contributed by atoms with Crippen molar-refractivity contribution >= 4 is 10.9 Å². The fraction of sp³-hybridized carbons (Fsp3) is 0.595. The Morgan fingerprint density at radius 1 is 0.553 bits per heavy atom. The fourth-order valence-corrected chi connectivity index (χ4v) is 12.0. The normalized spacial score (nSPS) is 40.4. The molecule has 38 heavy (non-hydrogen) atoms. The Morgan fingerprint density at radius 2 is 1.08 bits per heavy atom. The molecule has 0 spiro atoms. The minimum Gasteiger partial charge on any atom is -0.248 e. The quantitative estimate of drug-likeness (QED) is 0.348. The van der Waals surface area contributed by atoms with E-state index in [2.05, 4.69) is 56.3 Å². The molecule has 2 aromatic carbocycles. The maximum Gasteiger partial charge on any atom is 0.0712 e. The average Bonchev–Trinajstić information content (AvgIpc) is 2.87. The number of rotatable bonds is 3. The molecule has 0 unspecified atom stereocenters. The molecule has 1 heterocycles. The molecule has 196 valence electrons. The van der Waals surface area contributed by atoms with Gasteiger partial charge in [0.2, 0.25) is 0 Å². The van der Waals surface area contributed by atoms with Crippen molar-refractivity contribution in [3.05, 3.63) is 64.7 Å². The minimum atomic E-state index is 0.785. The highest BCUT2D eigenvalue weighted by Gasteiger charge is 2.52. The fourth-order valence-electron chi connectivity index (χ4n) is 12.0. The van der Waals surface area contributed by atoms with Gasteiger partial charge in [-0.1, -0.05) is 29.3 Å². The van der Waals surface area contributed by atoms with Crippen LogP contribution in [0.25, 0.3) is 22.2 Å². The maximum absolute atomic E-state index is 5.38. The van der Waals surface area contributed by atoms with Crippen molar-refractivity contribution in [2.75, 3.05) is 0 Å². The standard InChI is InChI=1S/C37H43N/c1-20-7-21(2)9-26(8-20)33-5-3-31-34(38-33)6-4-32(35-27-12-22-10-23(14-27)15-28(35)13-22)37(31)36-29-16-24-11-25(18-29)19-30(36)17-24/h3-9,22-25,27-30,35-36H,10-19H2,1-2H3. The third-order valence-corrected chi connectivity index (χ3v) is 12.6. The zero-order chi connectivity index (χ0) is 25.1. The lowest BCUT2D eigenvalue weighted by atomic mass is 9.48. The number of aryl methyl sites for hydroxylation is 2. The first-order chi connectivity index (χ1) is 18.6. The molecule has 8 aliphatic carbocycles. The molecular weight excluding hydrogens is 458 g/mol. The summed E-state index contributed by atoms with van der Waals surface area (Å²) < 4.78 is 0. The summed E-state index contributed by atoms with van der Waals surface area (Å²) in [6, 6.07) is 16.8. The largest absolute Gasteiger partial charge is 0.248 e. The molecule has 0 aliphatic heterocycles. The molecule has 0 atom stereocenters. The molecule has 1 heteroatoms. The number of hydrogen-bond donors (Lipinski definition) is 0. The van der Waals surface area contributed by atoms with Gasteiger partial charge in [-0.3, -0.25) is 0 Å². The summed E-state index contributed by atoms with van der Waals surface area (Å²) in [5.74, 6) is 9.49. The van der Waals surface area contributed by atoms with Crippen molar-refractivity contribution < 1.29 is 0 Å². The van der Waals surface area contributed by atoms with Gasteiger partial charge in [-0.2, -0.15) is 0 Å². The van der Waals surface area contributed by atoms with Crippen LogP contribution in [0.5, 0.6) is 0 Å². The van der Waals surface area contributed by atoms with Crippen molar-refractivity contribution in [2.24, 2.45) is 47.3 Å². The van der Waals surface area contributed by atoms with Crippen LogP contribution in [0.15, 0.2) is 42.5 Å². The predicted molar refractivity (Wildman–Crippen MR) is 156 cm³/mol. The first-order valence-corrected chi connectivity index (χ1v) is 16.1. The Bertz CT molecular complexity index is 1350. The summed E-state index contributed by atoms with van der Waals surface area (Å²) in [7, 11) is 0. The molecule has 0 saturated heterocycles. The highest BCUT2D eigenvalue weighted by atomic mass is 14.7. The summed E-state index contributed by atoms with van der Waals surface area (Å²) in [5.41, 5.74) is 9.91. The Hall–Kier alpha value is -2.15. The molecule has 1 nitrogen and oxygen atoms in total. The lowest BCUT2D eigenvalue weighted by Crippen LogP contribution is -2.46. The van der Waals surface area contributed by atoms with Crippen molar-refractivity contribution in [1.29, 1.82) is 0 Å². The first-order valence-electron chi connectivity index (χ1n) is 16.1. The highest BCUT2D eigenvalue weighted by molar-refractivity contribution is 5.87. The van der Waals surface area contributed by atoms with Gasteiger partial charge in [-0.15, -0.1) is 0 Å². The van der Waals surface area contributed by atoms with E-state index >= 15 is 0 Å². The number of benzene rings is 2. The Labute approximate surface area is 228 Å². The molecular formula is C37H43N. The molecule has 8 aliphatic rings. The lowest BCUT2D eigenvalue weighted by Gasteiger charge is -2.57. The van der Waals surface area contributed by atoms with Crippen LogP contribution in [0.4, 0.5) is 0 Å². The molecule has 3 aromatic rings. The molecule has 11 rings (SSSR count). The summed E-state index contributed by atoms with van der Waals surface area (Å²) in [6.45, 7) is 4.42. The Balaban J connectivity index is 1.21. The SMILES string of the molecule is Cc1cc(C)cc(-c2ccc3c(C4C5CC6CC(C5)CC4C6)c(C4C5CC6CC(C5)CC4C6)ccc3n2)c1. The molecule has 8 bridgehead atoms. The van der Waals surface area contributed by atoms with Gasteiger partial charge in [-0.25, -0.2) is 4.98 Å². The van der Waals surface area contributed by atoms with Gasteiger partial charge in [0.05, 0.1) is 11.2 Å². The zero-order valence-electron chi connectivity index (χ0n) is 23.3. The third kappa shape index (κ3) is 3.39. The van der Waals surface area contributed by atoms with Crippen LogP contribution < -0.4 is 0 Å². The number of aromatic nitrogens is 1. The maximum atomic E-state index is 5.38. The second-order valence-corrected chi connectivity index (χ2v) is 15.1. The first kappa shape index (κ1) is 22.6. The van der Waals surface area contributed by atoms with Gasteiger partial charge in [-0.05, 0) is 173 Å². The van der Waals surface area contributed by atoms with Gasteiger partial charge in [0.25, 0.3) is 0 Å². The van der Waals surface area contributed by atoms with E-state index < -0.39 is 0 Å². The smallest absolute Gasteiger partial charge is 0.0712 e. The summed E-state index contributed by atoms with van der Waals surface area (Å²) in [4.78, 5) is 5.38. The van der Waals surface area contributed by atoms with Crippen LogP contribution in [0.1, 0.15) is 98.3 Å². The van der Waals surface area contributed by atoms with Gasteiger partial charge < -0.3 is 0 Å².